The fourth-order valence-electron chi connectivity index (χ4n) is 6.01. The predicted molar refractivity (Wildman–Crippen MR) is 249 cm³/mol. The van der Waals surface area contributed by atoms with Gasteiger partial charge in [0.05, 0.1) is 39.2 Å². The van der Waals surface area contributed by atoms with E-state index in [-0.39, 0.29) is 38.2 Å². The number of aliphatic hydroxyl groups is 4. The zero-order valence-corrected chi connectivity index (χ0v) is 36.7. The van der Waals surface area contributed by atoms with Crippen LogP contribution in [-0.4, -0.2) is 116 Å². The van der Waals surface area contributed by atoms with Crippen LogP contribution in [0.3, 0.4) is 0 Å². The molecule has 12 nitrogen and oxygen atoms in total. The summed E-state index contributed by atoms with van der Waals surface area (Å²) in [5.41, 5.74) is 6.22. The molecule has 14 heteroatoms. The van der Waals surface area contributed by atoms with E-state index in [1.54, 1.807) is 21.6 Å². The summed E-state index contributed by atoms with van der Waals surface area (Å²) in [5, 5.41) is 45.1. The molecule has 60 heavy (non-hydrogen) atoms. The van der Waals surface area contributed by atoms with E-state index in [1.165, 1.54) is 0 Å². The molecule has 0 radical (unpaired) electrons. The summed E-state index contributed by atoms with van der Waals surface area (Å²) in [4.78, 5) is 28.5. The Morgan fingerprint density at radius 1 is 0.650 bits per heavy atom. The second-order valence-electron chi connectivity index (χ2n) is 13.8. The van der Waals surface area contributed by atoms with Crippen molar-refractivity contribution in [2.45, 2.75) is 39.2 Å². The van der Waals surface area contributed by atoms with Gasteiger partial charge >= 0.3 is 0 Å². The van der Waals surface area contributed by atoms with Crippen LogP contribution in [-0.2, 0) is 16.1 Å². The number of pyridine rings is 1. The van der Waals surface area contributed by atoms with Gasteiger partial charge in [0.1, 0.15) is 6.54 Å². The van der Waals surface area contributed by atoms with Gasteiger partial charge in [0, 0.05) is 100.0 Å². The van der Waals surface area contributed by atoms with Gasteiger partial charge in [-0.1, -0.05) is 76.2 Å². The summed E-state index contributed by atoms with van der Waals surface area (Å²) in [6.45, 7) is 6.90. The maximum Gasteiger partial charge on any atom is 0.220 e. The van der Waals surface area contributed by atoms with Crippen LogP contribution in [0.15, 0.2) is 103 Å². The van der Waals surface area contributed by atoms with Gasteiger partial charge in [0.15, 0.2) is 12.4 Å². The van der Waals surface area contributed by atoms with Crippen molar-refractivity contribution in [3.8, 4) is 0 Å². The van der Waals surface area contributed by atoms with Crippen LogP contribution in [0.4, 0.5) is 11.4 Å². The van der Waals surface area contributed by atoms with Crippen LogP contribution < -0.4 is 30.3 Å². The molecule has 0 spiro atoms. The molecule has 0 saturated heterocycles. The fraction of sp³-hybridized carbons (Fsp3) is 0.413. The van der Waals surface area contributed by atoms with E-state index in [0.717, 1.165) is 71.1 Å². The predicted octanol–water partition coefficient (Wildman–Crippen LogP) is 3.64. The molecular weight excluding hydrogens is 797 g/mol. The Morgan fingerprint density at radius 3 is 1.60 bits per heavy atom. The average molecular weight is 863 g/mol. The summed E-state index contributed by atoms with van der Waals surface area (Å²) in [5.74, 6) is 1.74. The molecule has 0 atom stereocenters. The fourth-order valence-corrected chi connectivity index (χ4v) is 7.83. The first-order valence-corrected chi connectivity index (χ1v) is 23.3. The number of carbonyl (C=O) groups is 2. The molecule has 326 valence electrons. The molecule has 0 bridgehead atoms. The van der Waals surface area contributed by atoms with E-state index in [4.69, 9.17) is 0 Å². The zero-order valence-electron chi connectivity index (χ0n) is 35.0. The Labute approximate surface area is 364 Å². The van der Waals surface area contributed by atoms with Crippen LogP contribution in [0.1, 0.15) is 49.3 Å². The van der Waals surface area contributed by atoms with Crippen molar-refractivity contribution < 1.29 is 39.9 Å². The Kier molecular flexibility index (Phi) is 26.2. The average Bonchev–Trinajstić information content (AvgIpc) is 3.26. The normalized spacial score (nSPS) is 11.8. The molecule has 0 unspecified atom stereocenters. The highest BCUT2D eigenvalue weighted by atomic mass is 33.1. The van der Waals surface area contributed by atoms with Gasteiger partial charge < -0.3 is 46.2 Å². The van der Waals surface area contributed by atoms with Crippen molar-refractivity contribution >= 4 is 63.0 Å². The largest absolute Gasteiger partial charge is 0.395 e. The van der Waals surface area contributed by atoms with Crippen LogP contribution in [0.25, 0.3) is 18.2 Å². The minimum atomic E-state index is 0.0371. The number of aliphatic hydroxyl groups excluding tert-OH is 4. The second-order valence-corrected chi connectivity index (χ2v) is 16.5. The zero-order chi connectivity index (χ0) is 43.0. The smallest absolute Gasteiger partial charge is 0.220 e. The number of nitrogens with one attached hydrogen (secondary N) is 2. The summed E-state index contributed by atoms with van der Waals surface area (Å²) < 4.78 is 2.08. The highest BCUT2D eigenvalue weighted by Gasteiger charge is 2.08. The standard InChI is InChI=1S/C46H64N6O6S2/c1-2-39(7-8-40-11-15-43(16-12-40)51(29-33-53)30-34-54)19-23-47-22-3-5-45(57)48-24-37-59-60-38-25-49-46(58)6-4-26-50-27-20-42(21-28-50)10-9-41-13-17-44(18-14-41)52(31-35-55)32-36-56/h2,7-21,23,27-28,47,53-56H,3-6,22,24-26,29-38H2,1H3,(H-,48,49,57,58)/p+2/b8-7+,23-19-,39-2-. The number of aryl methyl sites for hydroxylation is 1. The topological polar surface area (TPSA) is 166 Å². The van der Waals surface area contributed by atoms with Crippen LogP contribution in [0.5, 0.6) is 0 Å². The number of anilines is 2. The number of nitrogens with zero attached hydrogens (tertiary/aromatic N) is 3. The molecule has 0 aliphatic heterocycles. The molecule has 0 aliphatic carbocycles. The number of benzene rings is 2. The Bertz CT molecular complexity index is 1740. The Hall–Kier alpha value is -4.41. The minimum absolute atomic E-state index is 0.0371. The number of carbonyl (C=O) groups excluding carboxylic acids is 2. The molecule has 0 saturated carbocycles. The first-order chi connectivity index (χ1) is 29.4. The summed E-state index contributed by atoms with van der Waals surface area (Å²) in [6, 6.07) is 20.2. The van der Waals surface area contributed by atoms with Crippen LogP contribution in [0, 0.1) is 0 Å². The third-order valence-electron chi connectivity index (χ3n) is 9.30. The molecular formula is C46H66N6O6S2+2. The summed E-state index contributed by atoms with van der Waals surface area (Å²) >= 11 is 0. The van der Waals surface area contributed by atoms with Crippen molar-refractivity contribution in [2.24, 2.45) is 0 Å². The van der Waals surface area contributed by atoms with Gasteiger partial charge in [0.25, 0.3) is 0 Å². The maximum atomic E-state index is 12.3. The number of allylic oxidation sites excluding steroid dienone is 4. The van der Waals surface area contributed by atoms with Gasteiger partial charge in [-0.15, -0.1) is 0 Å². The number of amides is 2. The van der Waals surface area contributed by atoms with Crippen LogP contribution >= 0.6 is 21.6 Å². The molecule has 2 aromatic carbocycles. The monoisotopic (exact) mass is 862 g/mol. The number of rotatable bonds is 31. The van der Waals surface area contributed by atoms with Gasteiger partial charge in [0.2, 0.25) is 11.8 Å². The van der Waals surface area contributed by atoms with Crippen molar-refractivity contribution in [3.63, 3.8) is 0 Å². The molecule has 3 rings (SSSR count). The van der Waals surface area contributed by atoms with Crippen molar-refractivity contribution in [3.05, 3.63) is 120 Å². The van der Waals surface area contributed by atoms with Crippen molar-refractivity contribution in [1.29, 1.82) is 0 Å². The maximum absolute atomic E-state index is 12.3. The summed E-state index contributed by atoms with van der Waals surface area (Å²) in [7, 11) is 3.40. The molecule has 0 aliphatic rings. The van der Waals surface area contributed by atoms with E-state index in [1.807, 2.05) is 89.9 Å². The number of hydrogen-bond donors (Lipinski definition) is 7. The number of quaternary nitrogens is 1. The van der Waals surface area contributed by atoms with Gasteiger partial charge in [-0.2, -0.15) is 0 Å². The van der Waals surface area contributed by atoms with Crippen molar-refractivity contribution in [2.75, 3.05) is 93.5 Å². The second kappa shape index (κ2) is 31.5. The van der Waals surface area contributed by atoms with Crippen molar-refractivity contribution in [1.82, 2.24) is 10.6 Å². The molecule has 1 aromatic heterocycles. The molecule has 8 N–H and O–H groups in total. The highest BCUT2D eigenvalue weighted by molar-refractivity contribution is 8.76. The Balaban J connectivity index is 1.16. The third-order valence-corrected chi connectivity index (χ3v) is 11.7. The van der Waals surface area contributed by atoms with E-state index >= 15 is 0 Å². The Morgan fingerprint density at radius 2 is 1.12 bits per heavy atom. The van der Waals surface area contributed by atoms with E-state index < -0.39 is 0 Å². The van der Waals surface area contributed by atoms with Gasteiger partial charge in [-0.25, -0.2) is 4.57 Å². The lowest BCUT2D eigenvalue weighted by molar-refractivity contribution is -0.697. The first-order valence-electron chi connectivity index (χ1n) is 20.8. The molecule has 2 amide bonds. The summed E-state index contributed by atoms with van der Waals surface area (Å²) in [6.07, 6.45) is 20.9. The van der Waals surface area contributed by atoms with Gasteiger partial charge in [-0.3, -0.25) is 9.59 Å². The first kappa shape index (κ1) is 49.9. The lowest BCUT2D eigenvalue weighted by Crippen LogP contribution is -2.78. The van der Waals surface area contributed by atoms with E-state index in [9.17, 15) is 30.0 Å². The van der Waals surface area contributed by atoms with Gasteiger partial charge in [-0.05, 0) is 59.5 Å². The molecule has 0 fully saturated rings. The molecule has 3 aromatic rings. The number of aromatic nitrogens is 1. The minimum Gasteiger partial charge on any atom is -0.395 e. The third kappa shape index (κ3) is 21.2. The lowest BCUT2D eigenvalue weighted by Gasteiger charge is -2.22. The van der Waals surface area contributed by atoms with E-state index in [2.05, 4.69) is 63.0 Å². The quantitative estimate of drug-likeness (QED) is 0.0220. The number of hydrogen-bond acceptors (Lipinski definition) is 10. The van der Waals surface area contributed by atoms with Crippen LogP contribution in [0.2, 0.25) is 0 Å². The number of nitrogens with two attached hydrogens (primary N) is 1. The molecule has 1 heterocycles. The lowest BCUT2D eigenvalue weighted by atomic mass is 10.1. The SMILES string of the molecule is C/C=C(\C=C/[NH2+]CCCC(=O)NCCSSCCNC(=O)CCC[n+]1ccc(/C=C/c2ccc(N(CCO)CCO)cc2)cc1)/C=C/c1ccc(N(CCO)CCO)cc1. The highest BCUT2D eigenvalue weighted by Crippen LogP contribution is 2.20. The van der Waals surface area contributed by atoms with E-state index in [0.29, 0.717) is 52.1 Å².